The van der Waals surface area contributed by atoms with E-state index < -0.39 is 0 Å². The molecule has 5 heterocycles. The largest absolute Gasteiger partial charge is 0.443 e. The van der Waals surface area contributed by atoms with Crippen molar-refractivity contribution in [3.63, 3.8) is 0 Å². The second kappa shape index (κ2) is 8.46. The third-order valence-electron chi connectivity index (χ3n) is 8.22. The molecule has 1 saturated carbocycles. The summed E-state index contributed by atoms with van der Waals surface area (Å²) in [5.41, 5.74) is 3.42. The molecule has 8 heteroatoms. The van der Waals surface area contributed by atoms with Gasteiger partial charge in [0.2, 0.25) is 0 Å². The zero-order chi connectivity index (χ0) is 22.5. The third kappa shape index (κ3) is 3.86. The van der Waals surface area contributed by atoms with Gasteiger partial charge >= 0.3 is 6.09 Å². The lowest BCUT2D eigenvalue weighted by atomic mass is 9.97. The number of hydrogen-bond donors (Lipinski definition) is 2. The molecule has 33 heavy (non-hydrogen) atoms. The number of nitrogens with one attached hydrogen (secondary N) is 2. The highest BCUT2D eigenvalue weighted by atomic mass is 16.6. The summed E-state index contributed by atoms with van der Waals surface area (Å²) >= 11 is 0. The number of fused-ring (bicyclic) bond motifs is 3. The normalized spacial score (nSPS) is 28.0. The summed E-state index contributed by atoms with van der Waals surface area (Å²) in [6, 6.07) is 3.09. The van der Waals surface area contributed by atoms with Gasteiger partial charge in [-0.05, 0) is 44.4 Å². The fraction of sp³-hybridized carbons (Fsp3) is 0.720. The van der Waals surface area contributed by atoms with Crippen molar-refractivity contribution in [1.82, 2.24) is 24.8 Å². The van der Waals surface area contributed by atoms with E-state index in [9.17, 15) is 4.79 Å². The number of nitrogens with zero attached hydrogens (tertiary/aromatic N) is 4. The first-order valence-corrected chi connectivity index (χ1v) is 12.9. The molecule has 0 spiro atoms. The summed E-state index contributed by atoms with van der Waals surface area (Å²) in [5, 5.41) is 11.7. The number of anilines is 1. The van der Waals surface area contributed by atoms with Crippen molar-refractivity contribution in [2.45, 2.75) is 101 Å². The van der Waals surface area contributed by atoms with Gasteiger partial charge in [-0.25, -0.2) is 9.78 Å². The van der Waals surface area contributed by atoms with Crippen molar-refractivity contribution in [2.24, 2.45) is 0 Å². The van der Waals surface area contributed by atoms with Crippen LogP contribution in [0.4, 0.5) is 10.6 Å². The van der Waals surface area contributed by atoms with Crippen LogP contribution in [0.5, 0.6) is 0 Å². The minimum absolute atomic E-state index is 0.0434. The number of hydrogen-bond acceptors (Lipinski definition) is 6. The van der Waals surface area contributed by atoms with Crippen LogP contribution in [0.1, 0.15) is 88.3 Å². The first-order chi connectivity index (χ1) is 16.1. The molecule has 2 N–H and O–H groups in total. The number of carbonyl (C=O) groups excluding carboxylic acids is 1. The van der Waals surface area contributed by atoms with Crippen molar-refractivity contribution in [2.75, 3.05) is 18.4 Å². The van der Waals surface area contributed by atoms with Gasteiger partial charge in [0, 0.05) is 54.5 Å². The van der Waals surface area contributed by atoms with E-state index in [4.69, 9.17) is 14.8 Å². The monoisotopic (exact) mass is 452 g/mol. The molecule has 0 radical (unpaired) electrons. The number of ether oxygens (including phenoxy) is 1. The number of carbonyl (C=O) groups is 1. The fourth-order valence-electron chi connectivity index (χ4n) is 6.29. The maximum absolute atomic E-state index is 12.8. The van der Waals surface area contributed by atoms with Gasteiger partial charge in [-0.2, -0.15) is 9.61 Å². The smallest absolute Gasteiger partial charge is 0.410 e. The molecule has 4 fully saturated rings. The summed E-state index contributed by atoms with van der Waals surface area (Å²) in [5.74, 6) is 1.99. The van der Waals surface area contributed by atoms with Crippen molar-refractivity contribution >= 4 is 17.6 Å². The van der Waals surface area contributed by atoms with Gasteiger partial charge in [0.15, 0.2) is 5.65 Å². The molecule has 0 aromatic carbocycles. The molecule has 1 amide bonds. The highest BCUT2D eigenvalue weighted by Crippen LogP contribution is 2.39. The Labute approximate surface area is 195 Å². The topological polar surface area (TPSA) is 83.8 Å². The molecule has 6 rings (SSSR count). The zero-order valence-corrected chi connectivity index (χ0v) is 19.8. The number of piperidine rings is 1. The maximum Gasteiger partial charge on any atom is 0.410 e. The van der Waals surface area contributed by atoms with E-state index >= 15 is 0 Å². The van der Waals surface area contributed by atoms with Crippen LogP contribution in [0, 0.1) is 0 Å². The Kier molecular flexibility index (Phi) is 5.43. The first kappa shape index (κ1) is 21.2. The molecule has 4 aliphatic rings. The highest BCUT2D eigenvalue weighted by Gasteiger charge is 2.45. The van der Waals surface area contributed by atoms with E-state index in [1.807, 2.05) is 15.6 Å². The molecule has 1 aliphatic carbocycles. The van der Waals surface area contributed by atoms with Crippen LogP contribution in [0.2, 0.25) is 0 Å². The molecule has 2 aromatic heterocycles. The van der Waals surface area contributed by atoms with Crippen LogP contribution in [0.25, 0.3) is 5.65 Å². The van der Waals surface area contributed by atoms with Crippen LogP contribution in [0.15, 0.2) is 12.3 Å². The predicted octanol–water partition coefficient (Wildman–Crippen LogP) is 4.03. The second-order valence-electron chi connectivity index (χ2n) is 10.8. The van der Waals surface area contributed by atoms with Crippen LogP contribution in [-0.4, -0.2) is 62.9 Å². The summed E-state index contributed by atoms with van der Waals surface area (Å²) in [7, 11) is 0. The Balaban J connectivity index is 1.23. The van der Waals surface area contributed by atoms with Gasteiger partial charge in [-0.3, -0.25) is 0 Å². The van der Waals surface area contributed by atoms with E-state index in [1.54, 1.807) is 0 Å². The lowest BCUT2D eigenvalue weighted by molar-refractivity contribution is 0.0194. The molecule has 3 saturated heterocycles. The molecule has 2 aromatic rings. The van der Waals surface area contributed by atoms with Gasteiger partial charge in [-0.1, -0.05) is 26.7 Å². The van der Waals surface area contributed by atoms with Gasteiger partial charge in [0.25, 0.3) is 0 Å². The number of rotatable bonds is 5. The average molecular weight is 453 g/mol. The average Bonchev–Trinajstić information content (AvgIpc) is 3.49. The quantitative estimate of drug-likeness (QED) is 0.713. The Morgan fingerprint density at radius 2 is 1.88 bits per heavy atom. The van der Waals surface area contributed by atoms with E-state index in [2.05, 4.69) is 30.5 Å². The standard InChI is InChI=1S/C25H36N6O2/c1-15(2)21-14-27-31-23(11-22(29-24(21)31)16-5-3-4-6-16)28-17-9-18-7-8-19(10-17)30(18)25(32)33-20-12-26-13-20/h11,14-20,26,28H,3-10,12-13H2,1-2H3. The van der Waals surface area contributed by atoms with Crippen molar-refractivity contribution in [3.8, 4) is 0 Å². The molecule has 3 aliphatic heterocycles. The van der Waals surface area contributed by atoms with Crippen LogP contribution >= 0.6 is 0 Å². The Morgan fingerprint density at radius 1 is 1.15 bits per heavy atom. The molecular weight excluding hydrogens is 416 g/mol. The van der Waals surface area contributed by atoms with Crippen LogP contribution < -0.4 is 10.6 Å². The third-order valence-corrected chi connectivity index (χ3v) is 8.22. The minimum atomic E-state index is -0.115. The summed E-state index contributed by atoms with van der Waals surface area (Å²) in [6.07, 6.45) is 11.0. The molecule has 2 bridgehead atoms. The molecule has 2 unspecified atom stereocenters. The van der Waals surface area contributed by atoms with E-state index in [0.29, 0.717) is 17.9 Å². The first-order valence-electron chi connectivity index (χ1n) is 12.9. The fourth-order valence-corrected chi connectivity index (χ4v) is 6.29. The predicted molar refractivity (Wildman–Crippen MR) is 127 cm³/mol. The summed E-state index contributed by atoms with van der Waals surface area (Å²) in [4.78, 5) is 19.9. The Hall–Kier alpha value is -2.35. The van der Waals surface area contributed by atoms with Gasteiger partial charge < -0.3 is 20.3 Å². The number of aromatic nitrogens is 3. The van der Waals surface area contributed by atoms with Gasteiger partial charge in [-0.15, -0.1) is 0 Å². The summed E-state index contributed by atoms with van der Waals surface area (Å²) in [6.45, 7) is 5.98. The van der Waals surface area contributed by atoms with E-state index in [1.165, 1.54) is 36.9 Å². The second-order valence-corrected chi connectivity index (χ2v) is 10.8. The molecule has 8 nitrogen and oxygen atoms in total. The molecule has 178 valence electrons. The van der Waals surface area contributed by atoms with Gasteiger partial charge in [0.05, 0.1) is 6.20 Å². The number of amides is 1. The SMILES string of the molecule is CC(C)c1cnn2c(NC3CC4CCC(C3)N4C(=O)OC3CNC3)cc(C3CCCC3)nc12. The Morgan fingerprint density at radius 3 is 2.52 bits per heavy atom. The van der Waals surface area contributed by atoms with Crippen LogP contribution in [0.3, 0.4) is 0 Å². The lowest BCUT2D eigenvalue weighted by Gasteiger charge is -2.40. The Bertz CT molecular complexity index is 1010. The lowest BCUT2D eigenvalue weighted by Crippen LogP contribution is -2.55. The van der Waals surface area contributed by atoms with E-state index in [-0.39, 0.29) is 24.3 Å². The molecule has 2 atom stereocenters. The minimum Gasteiger partial charge on any atom is -0.443 e. The van der Waals surface area contributed by atoms with Gasteiger partial charge in [0.1, 0.15) is 11.9 Å². The van der Waals surface area contributed by atoms with Crippen molar-refractivity contribution < 1.29 is 9.53 Å². The van der Waals surface area contributed by atoms with E-state index in [0.717, 1.165) is 50.2 Å². The maximum atomic E-state index is 12.8. The zero-order valence-electron chi connectivity index (χ0n) is 19.8. The molecular formula is C25H36N6O2. The van der Waals surface area contributed by atoms with Crippen molar-refractivity contribution in [3.05, 3.63) is 23.5 Å². The van der Waals surface area contributed by atoms with Crippen molar-refractivity contribution in [1.29, 1.82) is 0 Å². The highest BCUT2D eigenvalue weighted by molar-refractivity contribution is 5.69. The summed E-state index contributed by atoms with van der Waals surface area (Å²) < 4.78 is 7.70. The van der Waals surface area contributed by atoms with Crippen LogP contribution in [-0.2, 0) is 4.74 Å².